The van der Waals surface area contributed by atoms with Crippen molar-refractivity contribution in [2.75, 3.05) is 36.6 Å². The van der Waals surface area contributed by atoms with Crippen LogP contribution in [0.2, 0.25) is 0 Å². The van der Waals surface area contributed by atoms with Crippen molar-refractivity contribution >= 4 is 21.4 Å². The molecule has 0 radical (unpaired) electrons. The Morgan fingerprint density at radius 2 is 1.80 bits per heavy atom. The second kappa shape index (κ2) is 10.8. The Morgan fingerprint density at radius 3 is 2.44 bits per heavy atom. The predicted octanol–water partition coefficient (Wildman–Crippen LogP) is 3.02. The maximum Gasteiger partial charge on any atom is 0.233 e. The fourth-order valence-corrected chi connectivity index (χ4v) is 7.06. The molecule has 2 aliphatic carbocycles. The molecule has 1 N–H and O–H groups in total. The summed E-state index contributed by atoms with van der Waals surface area (Å²) in [5, 5.41) is 25.9. The summed E-state index contributed by atoms with van der Waals surface area (Å²) in [7, 11) is -1.43. The number of aromatic nitrogens is 4. The van der Waals surface area contributed by atoms with Crippen LogP contribution in [0.4, 0.5) is 5.69 Å². The Balaban J connectivity index is 1.35. The zero-order valence-electron chi connectivity index (χ0n) is 23.0. The van der Waals surface area contributed by atoms with Crippen molar-refractivity contribution in [3.63, 3.8) is 0 Å². The summed E-state index contributed by atoms with van der Waals surface area (Å²) in [6.07, 6.45) is 6.81. The maximum absolute atomic E-state index is 13.5. The highest BCUT2D eigenvalue weighted by atomic mass is 32.2. The van der Waals surface area contributed by atoms with Gasteiger partial charge in [0.15, 0.2) is 15.7 Å². The number of nitrogens with zero attached hydrogens (tertiary/aromatic N) is 6. The molecule has 2 saturated carbocycles. The lowest BCUT2D eigenvalue weighted by molar-refractivity contribution is -0.127. The van der Waals surface area contributed by atoms with Gasteiger partial charge >= 0.3 is 0 Å². The lowest BCUT2D eigenvalue weighted by atomic mass is 9.75. The molecule has 1 saturated heterocycles. The Kier molecular flexibility index (Phi) is 7.15. The summed E-state index contributed by atoms with van der Waals surface area (Å²) in [6, 6.07) is 13.9. The SMILES string of the molecule is COc1ccc(-n2cc(-c3ccc(N4CCS(=O)(=O)CC4)cc3)c(C3CCCCC3C(=O)NC3(C#N)CC3)n2)nn1. The van der Waals surface area contributed by atoms with Gasteiger partial charge in [-0.1, -0.05) is 25.0 Å². The second-order valence-electron chi connectivity index (χ2n) is 11.2. The number of hydrogen-bond acceptors (Lipinski definition) is 9. The molecule has 3 aliphatic rings. The molecular weight excluding hydrogens is 542 g/mol. The van der Waals surface area contributed by atoms with Gasteiger partial charge in [-0.25, -0.2) is 13.1 Å². The van der Waals surface area contributed by atoms with Gasteiger partial charge in [0.05, 0.1) is 30.4 Å². The van der Waals surface area contributed by atoms with Gasteiger partial charge in [0.2, 0.25) is 11.8 Å². The number of nitriles is 1. The Hall–Kier alpha value is -3.98. The first-order valence-corrected chi connectivity index (χ1v) is 15.9. The Morgan fingerprint density at radius 1 is 1.07 bits per heavy atom. The van der Waals surface area contributed by atoms with Crippen LogP contribution < -0.4 is 15.0 Å². The van der Waals surface area contributed by atoms with Crippen molar-refractivity contribution in [1.82, 2.24) is 25.3 Å². The number of sulfone groups is 1. The van der Waals surface area contributed by atoms with E-state index in [1.54, 1.807) is 16.8 Å². The van der Waals surface area contributed by atoms with Gasteiger partial charge in [-0.05, 0) is 49.4 Å². The first kappa shape index (κ1) is 27.2. The standard InChI is InChI=1S/C29H33N7O4S/c1-40-26-11-10-25(32-33-26)36-18-24(20-6-8-21(9-7-20)35-14-16-41(38,39)17-15-35)27(34-36)22-4-2-3-5-23(22)28(37)31-29(19-30)12-13-29/h6-11,18,22-23H,2-5,12-17H2,1H3,(H,31,37). The molecule has 3 aromatic rings. The van der Waals surface area contributed by atoms with Crippen LogP contribution in [0.25, 0.3) is 16.9 Å². The van der Waals surface area contributed by atoms with E-state index in [1.807, 2.05) is 30.5 Å². The summed E-state index contributed by atoms with van der Waals surface area (Å²) in [6.45, 7) is 0.952. The summed E-state index contributed by atoms with van der Waals surface area (Å²) >= 11 is 0. The third-order valence-corrected chi connectivity index (χ3v) is 10.1. The highest BCUT2D eigenvalue weighted by molar-refractivity contribution is 7.91. The van der Waals surface area contributed by atoms with Crippen LogP contribution in [-0.4, -0.2) is 71.5 Å². The van der Waals surface area contributed by atoms with E-state index < -0.39 is 15.4 Å². The quantitative estimate of drug-likeness (QED) is 0.450. The molecule has 214 valence electrons. The third kappa shape index (κ3) is 5.63. The first-order valence-electron chi connectivity index (χ1n) is 14.1. The van der Waals surface area contributed by atoms with E-state index in [0.29, 0.717) is 37.6 Å². The van der Waals surface area contributed by atoms with E-state index in [9.17, 15) is 18.5 Å². The minimum atomic E-state index is -2.96. The minimum Gasteiger partial charge on any atom is -0.480 e. The fourth-order valence-electron chi connectivity index (χ4n) is 5.86. The number of amides is 1. The Bertz CT molecular complexity index is 1560. The van der Waals surface area contributed by atoms with E-state index in [4.69, 9.17) is 9.84 Å². The molecule has 2 atom stereocenters. The van der Waals surface area contributed by atoms with Crippen molar-refractivity contribution in [3.8, 4) is 28.9 Å². The van der Waals surface area contributed by atoms with Gasteiger partial charge < -0.3 is 15.0 Å². The lowest BCUT2D eigenvalue weighted by Crippen LogP contribution is -2.42. The maximum atomic E-state index is 13.5. The van der Waals surface area contributed by atoms with E-state index >= 15 is 0 Å². The van der Waals surface area contributed by atoms with Crippen molar-refractivity contribution in [2.24, 2.45) is 5.92 Å². The van der Waals surface area contributed by atoms with Crippen LogP contribution in [-0.2, 0) is 14.6 Å². The van der Waals surface area contributed by atoms with Gasteiger partial charge in [0, 0.05) is 48.4 Å². The number of methoxy groups -OCH3 is 1. The molecule has 0 spiro atoms. The fraction of sp³-hybridized carbons (Fsp3) is 0.483. The normalized spacial score (nSPS) is 22.9. The molecule has 0 bridgehead atoms. The average Bonchev–Trinajstić information content (AvgIpc) is 3.63. The topological polar surface area (TPSA) is 143 Å². The monoisotopic (exact) mass is 575 g/mol. The smallest absolute Gasteiger partial charge is 0.233 e. The van der Waals surface area contributed by atoms with Crippen LogP contribution in [0.15, 0.2) is 42.6 Å². The predicted molar refractivity (Wildman–Crippen MR) is 152 cm³/mol. The second-order valence-corrected chi connectivity index (χ2v) is 13.5. The number of benzene rings is 1. The van der Waals surface area contributed by atoms with E-state index in [1.165, 1.54) is 7.11 Å². The minimum absolute atomic E-state index is 0.0751. The first-order chi connectivity index (χ1) is 19.8. The number of carbonyl (C=O) groups excluding carboxylic acids is 1. The van der Waals surface area contributed by atoms with Crippen LogP contribution in [0.5, 0.6) is 5.88 Å². The molecule has 12 heteroatoms. The van der Waals surface area contributed by atoms with E-state index in [-0.39, 0.29) is 29.2 Å². The molecule has 1 aliphatic heterocycles. The molecule has 6 rings (SSSR count). The number of hydrogen-bond donors (Lipinski definition) is 1. The van der Waals surface area contributed by atoms with Crippen molar-refractivity contribution in [2.45, 2.75) is 50.0 Å². The zero-order chi connectivity index (χ0) is 28.6. The lowest BCUT2D eigenvalue weighted by Gasteiger charge is -2.31. The van der Waals surface area contributed by atoms with Gasteiger partial charge in [0.1, 0.15) is 5.54 Å². The number of anilines is 1. The van der Waals surface area contributed by atoms with E-state index in [0.717, 1.165) is 48.2 Å². The van der Waals surface area contributed by atoms with Gasteiger partial charge in [-0.2, -0.15) is 10.4 Å². The molecule has 1 amide bonds. The third-order valence-electron chi connectivity index (χ3n) is 8.48. The highest BCUT2D eigenvalue weighted by Crippen LogP contribution is 2.43. The molecule has 41 heavy (non-hydrogen) atoms. The summed E-state index contributed by atoms with van der Waals surface area (Å²) in [5.74, 6) is 0.773. The van der Waals surface area contributed by atoms with Crippen LogP contribution in [0.3, 0.4) is 0 Å². The van der Waals surface area contributed by atoms with Gasteiger partial charge in [-0.3, -0.25) is 4.79 Å². The largest absolute Gasteiger partial charge is 0.480 e. The molecule has 2 unspecified atom stereocenters. The van der Waals surface area contributed by atoms with Gasteiger partial charge in [-0.15, -0.1) is 10.2 Å². The zero-order valence-corrected chi connectivity index (χ0v) is 23.8. The number of carbonyl (C=O) groups is 1. The van der Waals surface area contributed by atoms with Crippen molar-refractivity contribution in [1.29, 1.82) is 5.26 Å². The molecule has 3 heterocycles. The summed E-state index contributed by atoms with van der Waals surface area (Å²) in [5.41, 5.74) is 2.92. The van der Waals surface area contributed by atoms with Crippen LogP contribution >= 0.6 is 0 Å². The number of rotatable bonds is 7. The summed E-state index contributed by atoms with van der Waals surface area (Å²) in [4.78, 5) is 15.6. The highest BCUT2D eigenvalue weighted by Gasteiger charge is 2.47. The van der Waals surface area contributed by atoms with Crippen LogP contribution in [0, 0.1) is 17.2 Å². The van der Waals surface area contributed by atoms with Crippen molar-refractivity contribution in [3.05, 3.63) is 48.3 Å². The molecule has 11 nitrogen and oxygen atoms in total. The number of ether oxygens (including phenoxy) is 1. The van der Waals surface area contributed by atoms with E-state index in [2.05, 4.69) is 26.5 Å². The molecular formula is C29H33N7O4S. The summed E-state index contributed by atoms with van der Waals surface area (Å²) < 4.78 is 30.6. The Labute approximate surface area is 239 Å². The van der Waals surface area contributed by atoms with Crippen LogP contribution in [0.1, 0.15) is 50.1 Å². The average molecular weight is 576 g/mol. The molecule has 3 fully saturated rings. The molecule has 1 aromatic carbocycles. The van der Waals surface area contributed by atoms with Gasteiger partial charge in [0.25, 0.3) is 0 Å². The molecule has 2 aromatic heterocycles. The van der Waals surface area contributed by atoms with Crippen molar-refractivity contribution < 1.29 is 17.9 Å². The number of nitrogens with one attached hydrogen (secondary N) is 1.